The molecule has 17 heavy (non-hydrogen) atoms. The van der Waals surface area contributed by atoms with E-state index in [1.807, 2.05) is 0 Å². The summed E-state index contributed by atoms with van der Waals surface area (Å²) in [6.45, 7) is 5.27. The van der Waals surface area contributed by atoms with Crippen LogP contribution < -0.4 is 0 Å². The first-order chi connectivity index (χ1) is 8.06. The molecule has 0 amide bonds. The maximum atomic E-state index is 11.7. The van der Waals surface area contributed by atoms with Gasteiger partial charge in [-0.1, -0.05) is 18.2 Å². The lowest BCUT2D eigenvalue weighted by Crippen LogP contribution is -2.17. The van der Waals surface area contributed by atoms with E-state index >= 15 is 0 Å². The zero-order valence-corrected chi connectivity index (χ0v) is 9.55. The fraction of sp³-hybridized carbons (Fsp3) is 0.231. The van der Waals surface area contributed by atoms with Gasteiger partial charge in [-0.2, -0.15) is 0 Å². The zero-order chi connectivity index (χ0) is 12.8. The number of carbonyl (C=O) groups is 2. The molecule has 1 N–H and O–H groups in total. The maximum Gasteiger partial charge on any atom is 0.339 e. The van der Waals surface area contributed by atoms with Crippen molar-refractivity contribution in [3.8, 4) is 0 Å². The van der Waals surface area contributed by atoms with E-state index in [1.165, 1.54) is 12.1 Å². The van der Waals surface area contributed by atoms with Crippen LogP contribution in [0, 0.1) is 0 Å². The van der Waals surface area contributed by atoms with E-state index in [1.54, 1.807) is 25.1 Å². The number of rotatable bonds is 5. The van der Waals surface area contributed by atoms with Gasteiger partial charge in [-0.3, -0.25) is 0 Å². The van der Waals surface area contributed by atoms with E-state index in [0.717, 1.165) is 0 Å². The molecule has 4 heteroatoms. The van der Waals surface area contributed by atoms with E-state index in [9.17, 15) is 9.59 Å². The number of carboxylic acids is 1. The minimum atomic E-state index is -1.14. The predicted molar refractivity (Wildman–Crippen MR) is 63.1 cm³/mol. The van der Waals surface area contributed by atoms with E-state index in [0.29, 0.717) is 6.42 Å². The summed E-state index contributed by atoms with van der Waals surface area (Å²) in [6, 6.07) is 5.97. The van der Waals surface area contributed by atoms with Crippen molar-refractivity contribution in [2.45, 2.75) is 19.4 Å². The molecule has 0 unspecified atom stereocenters. The Bertz CT molecular complexity index is 437. The second kappa shape index (κ2) is 5.84. The molecule has 0 fully saturated rings. The van der Waals surface area contributed by atoms with Crippen LogP contribution in [-0.2, 0) is 4.74 Å². The lowest BCUT2D eigenvalue weighted by molar-refractivity contribution is 0.0342. The Morgan fingerprint density at radius 3 is 2.53 bits per heavy atom. The molecule has 0 spiro atoms. The molecule has 0 aromatic heterocycles. The first-order valence-electron chi connectivity index (χ1n) is 5.20. The van der Waals surface area contributed by atoms with Crippen LogP contribution in [0.1, 0.15) is 34.1 Å². The highest BCUT2D eigenvalue weighted by Gasteiger charge is 2.18. The Morgan fingerprint density at radius 1 is 1.41 bits per heavy atom. The molecule has 0 saturated carbocycles. The van der Waals surface area contributed by atoms with E-state index in [4.69, 9.17) is 9.84 Å². The summed E-state index contributed by atoms with van der Waals surface area (Å²) in [7, 11) is 0. The van der Waals surface area contributed by atoms with Crippen molar-refractivity contribution >= 4 is 11.9 Å². The van der Waals surface area contributed by atoms with Crippen molar-refractivity contribution in [2.75, 3.05) is 0 Å². The number of ether oxygens (including phenoxy) is 1. The van der Waals surface area contributed by atoms with Gasteiger partial charge in [0.05, 0.1) is 11.1 Å². The van der Waals surface area contributed by atoms with Gasteiger partial charge in [-0.25, -0.2) is 9.59 Å². The third-order valence-electron chi connectivity index (χ3n) is 2.18. The number of benzene rings is 1. The summed E-state index contributed by atoms with van der Waals surface area (Å²) in [5.74, 6) is -1.77. The lowest BCUT2D eigenvalue weighted by atomic mass is 10.1. The first kappa shape index (κ1) is 13.0. The van der Waals surface area contributed by atoms with E-state index in [-0.39, 0.29) is 17.2 Å². The third-order valence-corrected chi connectivity index (χ3v) is 2.18. The summed E-state index contributed by atoms with van der Waals surface area (Å²) < 4.78 is 5.09. The van der Waals surface area contributed by atoms with Gasteiger partial charge in [0, 0.05) is 6.42 Å². The second-order valence-corrected chi connectivity index (χ2v) is 3.59. The fourth-order valence-electron chi connectivity index (χ4n) is 1.38. The number of hydrogen-bond acceptors (Lipinski definition) is 3. The summed E-state index contributed by atoms with van der Waals surface area (Å²) in [4.78, 5) is 22.6. The molecule has 0 radical (unpaired) electrons. The molecule has 0 aliphatic rings. The molecular formula is C13H14O4. The Morgan fingerprint density at radius 2 is 2.00 bits per heavy atom. The van der Waals surface area contributed by atoms with Crippen molar-refractivity contribution in [1.29, 1.82) is 0 Å². The quantitative estimate of drug-likeness (QED) is 0.628. The Kier molecular flexibility index (Phi) is 4.46. The van der Waals surface area contributed by atoms with Crippen molar-refractivity contribution in [3.63, 3.8) is 0 Å². The van der Waals surface area contributed by atoms with Crippen molar-refractivity contribution in [2.24, 2.45) is 0 Å². The Labute approximate surface area is 99.5 Å². The number of carbonyl (C=O) groups excluding carboxylic acids is 1. The zero-order valence-electron chi connectivity index (χ0n) is 9.55. The minimum Gasteiger partial charge on any atom is -0.478 e. The normalized spacial score (nSPS) is 11.6. The second-order valence-electron chi connectivity index (χ2n) is 3.59. The highest BCUT2D eigenvalue weighted by molar-refractivity contribution is 6.02. The van der Waals surface area contributed by atoms with Crippen LogP contribution in [0.3, 0.4) is 0 Å². The molecule has 4 nitrogen and oxygen atoms in total. The van der Waals surface area contributed by atoms with E-state index in [2.05, 4.69) is 6.58 Å². The van der Waals surface area contributed by atoms with Crippen molar-refractivity contribution in [1.82, 2.24) is 0 Å². The largest absolute Gasteiger partial charge is 0.478 e. The van der Waals surface area contributed by atoms with Gasteiger partial charge in [-0.05, 0) is 19.1 Å². The maximum absolute atomic E-state index is 11.7. The van der Waals surface area contributed by atoms with Crippen LogP contribution >= 0.6 is 0 Å². The van der Waals surface area contributed by atoms with Crippen LogP contribution in [0.25, 0.3) is 0 Å². The molecule has 0 bridgehead atoms. The molecule has 1 aromatic rings. The fourth-order valence-corrected chi connectivity index (χ4v) is 1.38. The average molecular weight is 234 g/mol. The molecule has 90 valence electrons. The van der Waals surface area contributed by atoms with Crippen molar-refractivity contribution in [3.05, 3.63) is 48.0 Å². The van der Waals surface area contributed by atoms with Crippen LogP contribution in [0.15, 0.2) is 36.9 Å². The highest BCUT2D eigenvalue weighted by atomic mass is 16.5. The van der Waals surface area contributed by atoms with Crippen molar-refractivity contribution < 1.29 is 19.4 Å². The van der Waals surface area contributed by atoms with Gasteiger partial charge in [0.25, 0.3) is 0 Å². The Balaban J connectivity index is 2.89. The average Bonchev–Trinajstić information content (AvgIpc) is 2.29. The summed E-state index contributed by atoms with van der Waals surface area (Å²) in [6.07, 6.45) is 1.85. The topological polar surface area (TPSA) is 63.6 Å². The molecule has 1 rings (SSSR count). The molecular weight excluding hydrogens is 220 g/mol. The van der Waals surface area contributed by atoms with Gasteiger partial charge in [0.15, 0.2) is 0 Å². The smallest absolute Gasteiger partial charge is 0.339 e. The molecule has 1 aromatic carbocycles. The highest BCUT2D eigenvalue weighted by Crippen LogP contribution is 2.12. The van der Waals surface area contributed by atoms with Gasteiger partial charge < -0.3 is 9.84 Å². The number of carboxylic acid groups (broad SMARTS) is 1. The molecule has 0 aliphatic heterocycles. The molecule has 1 atom stereocenters. The summed E-state index contributed by atoms with van der Waals surface area (Å²) >= 11 is 0. The van der Waals surface area contributed by atoms with Crippen LogP contribution in [0.2, 0.25) is 0 Å². The number of esters is 1. The third kappa shape index (κ3) is 3.45. The molecule has 0 aliphatic carbocycles. The number of hydrogen-bond donors (Lipinski definition) is 1. The minimum absolute atomic E-state index is 0.0525. The van der Waals surface area contributed by atoms with Gasteiger partial charge in [-0.15, -0.1) is 6.58 Å². The predicted octanol–water partition coefficient (Wildman–Crippen LogP) is 2.51. The number of aromatic carboxylic acids is 1. The summed E-state index contributed by atoms with van der Waals surface area (Å²) in [5.41, 5.74) is 0.0132. The SMILES string of the molecule is C=CC[C@@H](C)OC(=O)c1ccccc1C(=O)O. The van der Waals surface area contributed by atoms with Crippen LogP contribution in [0.5, 0.6) is 0 Å². The molecule has 0 heterocycles. The standard InChI is InChI=1S/C13H14O4/c1-3-6-9(2)17-13(16)11-8-5-4-7-10(11)12(14)15/h3-5,7-9H,1,6H2,2H3,(H,14,15)/t9-/m1/s1. The molecule has 0 saturated heterocycles. The summed E-state index contributed by atoms with van der Waals surface area (Å²) in [5, 5.41) is 8.93. The van der Waals surface area contributed by atoms with E-state index < -0.39 is 11.9 Å². The monoisotopic (exact) mass is 234 g/mol. The first-order valence-corrected chi connectivity index (χ1v) is 5.20. The van der Waals surface area contributed by atoms with Gasteiger partial charge in [0.1, 0.15) is 6.10 Å². The van der Waals surface area contributed by atoms with Gasteiger partial charge >= 0.3 is 11.9 Å². The van der Waals surface area contributed by atoms with Gasteiger partial charge in [0.2, 0.25) is 0 Å². The lowest BCUT2D eigenvalue weighted by Gasteiger charge is -2.12. The Hall–Kier alpha value is -2.10. The van der Waals surface area contributed by atoms with Crippen LogP contribution in [0.4, 0.5) is 0 Å². The van der Waals surface area contributed by atoms with Crippen LogP contribution in [-0.4, -0.2) is 23.1 Å².